The van der Waals surface area contributed by atoms with Crippen molar-refractivity contribution < 1.29 is 23.6 Å². The number of carbonyl (C=O) groups excluding carboxylic acids is 1. The number of nitrogens with two attached hydrogens (primary N) is 1. The third-order valence-electron chi connectivity index (χ3n) is 7.37. The van der Waals surface area contributed by atoms with E-state index in [0.29, 0.717) is 42.2 Å². The van der Waals surface area contributed by atoms with Crippen molar-refractivity contribution in [2.75, 3.05) is 13.2 Å². The first-order chi connectivity index (χ1) is 23.9. The Bertz CT molecular complexity index is 1790. The van der Waals surface area contributed by atoms with Gasteiger partial charge in [-0.2, -0.15) is 9.36 Å². The Kier molecular flexibility index (Phi) is 14.7. The van der Waals surface area contributed by atoms with Crippen LogP contribution in [-0.2, 0) is 47.3 Å². The lowest BCUT2D eigenvalue weighted by Gasteiger charge is -2.22. The molecule has 5 aromatic rings. The fourth-order valence-corrected chi connectivity index (χ4v) is 5.70. The van der Waals surface area contributed by atoms with Crippen LogP contribution in [0.4, 0.5) is 0 Å². The zero-order valence-electron chi connectivity index (χ0n) is 28.9. The van der Waals surface area contributed by atoms with Crippen LogP contribution in [-0.4, -0.2) is 48.1 Å². The van der Waals surface area contributed by atoms with Gasteiger partial charge in [0.1, 0.15) is 22.3 Å². The summed E-state index contributed by atoms with van der Waals surface area (Å²) in [5.41, 5.74) is 8.64. The maximum Gasteiger partial charge on any atom is 0.326 e. The normalized spacial score (nSPS) is 12.6. The molecule has 0 fully saturated rings. The summed E-state index contributed by atoms with van der Waals surface area (Å²) in [6.45, 7) is 7.27. The molecule has 50 heavy (non-hydrogen) atoms. The summed E-state index contributed by atoms with van der Waals surface area (Å²) >= 11 is 11.8. The van der Waals surface area contributed by atoms with E-state index in [1.807, 2.05) is 117 Å². The Labute approximate surface area is 307 Å². The average Bonchev–Trinajstić information content (AvgIpc) is 3.64. The zero-order chi connectivity index (χ0) is 36.1. The third-order valence-corrected chi connectivity index (χ3v) is 9.07. The second kappa shape index (κ2) is 18.9. The van der Waals surface area contributed by atoms with Gasteiger partial charge in [0.2, 0.25) is 5.91 Å². The minimum atomic E-state index is -0.537. The molecule has 3 N–H and O–H groups in total. The number of halogens is 1. The predicted octanol–water partition coefficient (Wildman–Crippen LogP) is 3.88. The summed E-state index contributed by atoms with van der Waals surface area (Å²) in [5, 5.41) is 20.1. The molecule has 16 heteroatoms. The molecular weight excluding hydrogens is 696 g/mol. The van der Waals surface area contributed by atoms with Gasteiger partial charge in [0.25, 0.3) is 0 Å². The fourth-order valence-electron chi connectivity index (χ4n) is 4.44. The van der Waals surface area contributed by atoms with E-state index in [4.69, 9.17) is 26.8 Å². The lowest BCUT2D eigenvalue weighted by Crippen LogP contribution is -2.47. The summed E-state index contributed by atoms with van der Waals surface area (Å²) in [4.78, 5) is 12.7. The van der Waals surface area contributed by atoms with E-state index in [2.05, 4.69) is 38.8 Å². The standard InChI is InChI=1S/C23H28ClN5O2S.C11H16N5OS/c1-23(2,3)22(30)25-20(15-31-14-17-10-6-5-7-11-17)21-26-27-29(28(21)4)32-16-18-12-8-9-13-19(18)24;1-15-11(13-14-16(15)18)10(12)8-17-7-9-5-3-2-4-6-9/h5-13,20H,14-16H2,1-4H3;2-6,10H,7-8,12H2,1H3,(H,14,18)/q;+1/p+1/t20-;10-/m11/s1. The van der Waals surface area contributed by atoms with Crippen LogP contribution in [0.2, 0.25) is 5.02 Å². The number of thiol groups is 1. The molecule has 0 aliphatic heterocycles. The van der Waals surface area contributed by atoms with Gasteiger partial charge in [-0.25, -0.2) is 0 Å². The highest BCUT2D eigenvalue weighted by Gasteiger charge is 2.32. The van der Waals surface area contributed by atoms with E-state index < -0.39 is 11.5 Å². The van der Waals surface area contributed by atoms with Crippen LogP contribution in [0.25, 0.3) is 0 Å². The van der Waals surface area contributed by atoms with Gasteiger partial charge < -0.3 is 20.5 Å². The molecule has 0 saturated heterocycles. The molecular formula is C34H45ClN10O3S2+2. The van der Waals surface area contributed by atoms with Gasteiger partial charge in [-0.3, -0.25) is 4.79 Å². The smallest absolute Gasteiger partial charge is 0.326 e. The molecule has 1 amide bonds. The van der Waals surface area contributed by atoms with Gasteiger partial charge in [0, 0.05) is 49.4 Å². The SMILES string of the molecule is C[n+]1c([C@@H](COCc2ccccc2)NC(=O)C(C)(C)C)nnn1SCc1ccccc1Cl.C[n+]1c([C@H](N)COCc2ccccc2)nnn1S. The number of hydrogen-bond acceptors (Lipinski definition) is 10. The summed E-state index contributed by atoms with van der Waals surface area (Å²) < 4.78 is 18.0. The summed E-state index contributed by atoms with van der Waals surface area (Å²) in [6.07, 6.45) is 0. The van der Waals surface area contributed by atoms with Gasteiger partial charge in [-0.15, -0.1) is 0 Å². The van der Waals surface area contributed by atoms with Crippen LogP contribution in [0.15, 0.2) is 84.9 Å². The molecule has 0 bridgehead atoms. The minimum absolute atomic E-state index is 0.0796. The molecule has 0 aliphatic carbocycles. The van der Waals surface area contributed by atoms with Crippen molar-refractivity contribution >= 4 is 42.3 Å². The van der Waals surface area contributed by atoms with Gasteiger partial charge in [-0.1, -0.05) is 111 Å². The number of ether oxygens (including phenoxy) is 2. The number of amides is 1. The monoisotopic (exact) mass is 740 g/mol. The van der Waals surface area contributed by atoms with E-state index in [0.717, 1.165) is 16.7 Å². The van der Waals surface area contributed by atoms with Crippen LogP contribution < -0.4 is 20.4 Å². The number of tetrazole rings is 2. The van der Waals surface area contributed by atoms with Crippen LogP contribution in [0.1, 0.15) is 61.2 Å². The number of aromatic nitrogens is 8. The highest BCUT2D eigenvalue weighted by Crippen LogP contribution is 2.21. The maximum atomic E-state index is 12.7. The zero-order valence-corrected chi connectivity index (χ0v) is 31.4. The first kappa shape index (κ1) is 38.9. The highest BCUT2D eigenvalue weighted by atomic mass is 35.5. The first-order valence-corrected chi connectivity index (χ1v) is 17.7. The van der Waals surface area contributed by atoms with Crippen molar-refractivity contribution in [1.82, 2.24) is 34.3 Å². The molecule has 0 radical (unpaired) electrons. The molecule has 3 aromatic carbocycles. The van der Waals surface area contributed by atoms with Crippen molar-refractivity contribution in [3.05, 3.63) is 118 Å². The van der Waals surface area contributed by atoms with Crippen LogP contribution in [0.5, 0.6) is 0 Å². The average molecular weight is 741 g/mol. The van der Waals surface area contributed by atoms with Crippen LogP contribution in [0, 0.1) is 5.41 Å². The van der Waals surface area contributed by atoms with Gasteiger partial charge >= 0.3 is 11.6 Å². The van der Waals surface area contributed by atoms with Crippen molar-refractivity contribution in [3.8, 4) is 0 Å². The number of hydrogen-bond donors (Lipinski definition) is 3. The van der Waals surface area contributed by atoms with E-state index in [9.17, 15) is 4.79 Å². The number of benzene rings is 3. The predicted molar refractivity (Wildman–Crippen MR) is 194 cm³/mol. The summed E-state index contributed by atoms with van der Waals surface area (Å²) in [5.74, 6) is 1.81. The summed E-state index contributed by atoms with van der Waals surface area (Å²) in [6, 6.07) is 26.8. The number of nitrogens with zero attached hydrogens (tertiary/aromatic N) is 8. The van der Waals surface area contributed by atoms with Crippen molar-refractivity contribution in [2.45, 2.75) is 51.8 Å². The largest absolute Gasteiger partial charge is 0.375 e. The Morgan fingerprint density at radius 2 is 1.44 bits per heavy atom. The Hall–Kier alpha value is -3.86. The molecule has 2 atom stereocenters. The molecule has 0 spiro atoms. The molecule has 0 unspecified atom stereocenters. The first-order valence-electron chi connectivity index (χ1n) is 15.9. The molecule has 0 saturated carbocycles. The molecule has 5 rings (SSSR count). The maximum absolute atomic E-state index is 12.7. The molecule has 2 heterocycles. The van der Waals surface area contributed by atoms with E-state index in [1.54, 1.807) is 15.9 Å². The van der Waals surface area contributed by atoms with Crippen molar-refractivity contribution in [3.63, 3.8) is 0 Å². The van der Waals surface area contributed by atoms with Crippen LogP contribution >= 0.6 is 36.4 Å². The van der Waals surface area contributed by atoms with Gasteiger partial charge in [-0.05, 0) is 22.8 Å². The molecule has 0 aliphatic rings. The molecule has 266 valence electrons. The third kappa shape index (κ3) is 11.6. The van der Waals surface area contributed by atoms with E-state index >= 15 is 0 Å². The second-order valence-electron chi connectivity index (χ2n) is 12.4. The topological polar surface area (TPSA) is 143 Å². The summed E-state index contributed by atoms with van der Waals surface area (Å²) in [7, 11) is 3.65. The highest BCUT2D eigenvalue weighted by molar-refractivity contribution is 7.96. The lowest BCUT2D eigenvalue weighted by atomic mass is 9.95. The van der Waals surface area contributed by atoms with E-state index in [1.165, 1.54) is 16.1 Å². The van der Waals surface area contributed by atoms with Gasteiger partial charge in [0.05, 0.1) is 40.5 Å². The number of carbonyl (C=O) groups is 1. The van der Waals surface area contributed by atoms with Crippen molar-refractivity contribution in [1.29, 1.82) is 0 Å². The minimum Gasteiger partial charge on any atom is -0.375 e. The number of nitrogens with one attached hydrogen (secondary N) is 1. The Balaban J connectivity index is 0.000000263. The fraction of sp³-hybridized carbons (Fsp3) is 0.382. The molecule has 13 nitrogen and oxygen atoms in total. The van der Waals surface area contributed by atoms with Crippen LogP contribution in [0.3, 0.4) is 0 Å². The van der Waals surface area contributed by atoms with Gasteiger partial charge in [0.15, 0.2) is 10.4 Å². The lowest BCUT2D eigenvalue weighted by molar-refractivity contribution is -0.748. The molecule has 2 aromatic heterocycles. The van der Waals surface area contributed by atoms with Crippen molar-refractivity contribution in [2.24, 2.45) is 25.2 Å². The Morgan fingerprint density at radius 1 is 0.880 bits per heavy atom. The number of rotatable bonds is 14. The Morgan fingerprint density at radius 3 is 2.00 bits per heavy atom. The quantitative estimate of drug-likeness (QED) is 0.114. The van der Waals surface area contributed by atoms with E-state index in [-0.39, 0.29) is 18.6 Å². The second-order valence-corrected chi connectivity index (χ2v) is 14.1.